The number of aromatic nitrogens is 4. The smallest absolute Gasteiger partial charge is 0.226 e. The summed E-state index contributed by atoms with van der Waals surface area (Å²) in [4.78, 5) is 26.3. The predicted molar refractivity (Wildman–Crippen MR) is 119 cm³/mol. The first-order chi connectivity index (χ1) is 15.3. The second-order valence-corrected chi connectivity index (χ2v) is 8.62. The van der Waals surface area contributed by atoms with Crippen LogP contribution < -0.4 is 9.80 Å². The Morgan fingerprint density at radius 1 is 0.871 bits per heavy atom. The van der Waals surface area contributed by atoms with Crippen LogP contribution in [-0.4, -0.2) is 70.1 Å². The molecule has 3 aliphatic heterocycles. The molecule has 3 fully saturated rings. The molecule has 3 saturated heterocycles. The van der Waals surface area contributed by atoms with E-state index in [0.717, 1.165) is 67.3 Å². The van der Waals surface area contributed by atoms with E-state index in [0.29, 0.717) is 6.04 Å². The molecule has 0 aliphatic carbocycles. The molecule has 8 nitrogen and oxygen atoms in total. The number of hydrogen-bond donors (Lipinski definition) is 0. The van der Waals surface area contributed by atoms with Crippen LogP contribution in [0.15, 0.2) is 41.3 Å². The van der Waals surface area contributed by atoms with E-state index in [9.17, 15) is 0 Å². The van der Waals surface area contributed by atoms with Gasteiger partial charge in [-0.3, -0.25) is 4.90 Å². The highest BCUT2D eigenvalue weighted by Crippen LogP contribution is 2.32. The van der Waals surface area contributed by atoms with Gasteiger partial charge in [0.15, 0.2) is 5.76 Å². The first-order valence-corrected chi connectivity index (χ1v) is 11.3. The van der Waals surface area contributed by atoms with Gasteiger partial charge in [-0.15, -0.1) is 0 Å². The minimum atomic E-state index is 0.619. The molecule has 1 atom stereocenters. The average Bonchev–Trinajstić information content (AvgIpc) is 3.61. The lowest BCUT2D eigenvalue weighted by Crippen LogP contribution is -2.50. The molecule has 0 saturated carbocycles. The van der Waals surface area contributed by atoms with E-state index in [1.54, 1.807) is 6.26 Å². The summed E-state index contributed by atoms with van der Waals surface area (Å²) in [5, 5.41) is 0. The molecule has 0 bridgehead atoms. The second-order valence-electron chi connectivity index (χ2n) is 8.62. The van der Waals surface area contributed by atoms with Gasteiger partial charge < -0.3 is 14.2 Å². The Morgan fingerprint density at radius 2 is 1.77 bits per heavy atom. The predicted octanol–water partition coefficient (Wildman–Crippen LogP) is 3.08. The van der Waals surface area contributed by atoms with Crippen LogP contribution in [0.3, 0.4) is 0 Å². The van der Waals surface area contributed by atoms with Gasteiger partial charge in [0, 0.05) is 56.7 Å². The van der Waals surface area contributed by atoms with Crippen molar-refractivity contribution in [2.75, 3.05) is 49.1 Å². The molecule has 6 heterocycles. The standard InChI is InChI=1S/C23H27N7O/c1-2-10-29(9-1)22-24-8-7-19(26-22)18-15-25-23(27-21(18)20-6-4-14-31-20)30-13-12-28-11-3-5-17(28)16-30/h4,6-8,14-15,17H,1-3,5,9-13,16H2. The lowest BCUT2D eigenvalue weighted by Gasteiger charge is -2.37. The van der Waals surface area contributed by atoms with Crippen molar-refractivity contribution in [3.8, 4) is 22.7 Å². The van der Waals surface area contributed by atoms with Crippen molar-refractivity contribution < 1.29 is 4.42 Å². The molecule has 8 heteroatoms. The molecule has 1 unspecified atom stereocenters. The Bertz CT molecular complexity index is 1050. The summed E-state index contributed by atoms with van der Waals surface area (Å²) in [6.07, 6.45) is 10.4. The number of piperazine rings is 1. The van der Waals surface area contributed by atoms with Crippen molar-refractivity contribution in [3.05, 3.63) is 36.9 Å². The molecule has 3 aromatic rings. The largest absolute Gasteiger partial charge is 0.463 e. The highest BCUT2D eigenvalue weighted by Gasteiger charge is 2.32. The minimum Gasteiger partial charge on any atom is -0.463 e. The van der Waals surface area contributed by atoms with E-state index in [1.165, 1.54) is 32.2 Å². The van der Waals surface area contributed by atoms with E-state index < -0.39 is 0 Å². The number of nitrogens with zero attached hydrogens (tertiary/aromatic N) is 7. The summed E-state index contributed by atoms with van der Waals surface area (Å²) >= 11 is 0. The normalized spacial score (nSPS) is 21.6. The van der Waals surface area contributed by atoms with Crippen molar-refractivity contribution in [1.29, 1.82) is 0 Å². The lowest BCUT2D eigenvalue weighted by molar-refractivity contribution is 0.229. The highest BCUT2D eigenvalue weighted by molar-refractivity contribution is 5.77. The van der Waals surface area contributed by atoms with Crippen LogP contribution in [0, 0.1) is 0 Å². The highest BCUT2D eigenvalue weighted by atomic mass is 16.3. The van der Waals surface area contributed by atoms with Crippen molar-refractivity contribution >= 4 is 11.9 Å². The Morgan fingerprint density at radius 3 is 2.65 bits per heavy atom. The average molecular weight is 418 g/mol. The first kappa shape index (κ1) is 18.7. The molecular weight excluding hydrogens is 390 g/mol. The van der Waals surface area contributed by atoms with Gasteiger partial charge in [0.25, 0.3) is 0 Å². The van der Waals surface area contributed by atoms with Gasteiger partial charge >= 0.3 is 0 Å². The summed E-state index contributed by atoms with van der Waals surface area (Å²) in [6.45, 7) is 6.28. The van der Waals surface area contributed by atoms with Crippen LogP contribution in [0.25, 0.3) is 22.7 Å². The monoisotopic (exact) mass is 417 g/mol. The lowest BCUT2D eigenvalue weighted by atomic mass is 10.1. The molecule has 0 amide bonds. The first-order valence-electron chi connectivity index (χ1n) is 11.3. The van der Waals surface area contributed by atoms with E-state index >= 15 is 0 Å². The third-order valence-electron chi connectivity index (χ3n) is 6.71. The quantitative estimate of drug-likeness (QED) is 0.641. The fourth-order valence-electron chi connectivity index (χ4n) is 5.05. The topological polar surface area (TPSA) is 74.4 Å². The summed E-state index contributed by atoms with van der Waals surface area (Å²) in [6, 6.07) is 6.40. The fraction of sp³-hybridized carbons (Fsp3) is 0.478. The maximum atomic E-state index is 5.75. The van der Waals surface area contributed by atoms with E-state index in [2.05, 4.69) is 19.7 Å². The number of fused-ring (bicyclic) bond motifs is 1. The Labute approximate surface area is 181 Å². The Hall–Kier alpha value is -3.00. The van der Waals surface area contributed by atoms with Crippen LogP contribution in [0.4, 0.5) is 11.9 Å². The van der Waals surface area contributed by atoms with Crippen molar-refractivity contribution in [3.63, 3.8) is 0 Å². The third kappa shape index (κ3) is 3.54. The number of furan rings is 1. The molecule has 3 aromatic heterocycles. The molecule has 3 aliphatic rings. The molecule has 0 radical (unpaired) electrons. The summed E-state index contributed by atoms with van der Waals surface area (Å²) < 4.78 is 5.75. The maximum Gasteiger partial charge on any atom is 0.226 e. The van der Waals surface area contributed by atoms with Crippen molar-refractivity contribution in [2.45, 2.75) is 31.7 Å². The molecule has 0 N–H and O–H groups in total. The van der Waals surface area contributed by atoms with Gasteiger partial charge in [0.05, 0.1) is 12.0 Å². The zero-order chi connectivity index (χ0) is 20.6. The fourth-order valence-corrected chi connectivity index (χ4v) is 5.05. The van der Waals surface area contributed by atoms with Gasteiger partial charge in [-0.1, -0.05) is 0 Å². The second kappa shape index (κ2) is 7.92. The van der Waals surface area contributed by atoms with Crippen LogP contribution in [0.1, 0.15) is 25.7 Å². The Balaban J connectivity index is 1.37. The van der Waals surface area contributed by atoms with Crippen LogP contribution in [0.2, 0.25) is 0 Å². The van der Waals surface area contributed by atoms with Gasteiger partial charge in [0.1, 0.15) is 5.69 Å². The minimum absolute atomic E-state index is 0.619. The number of rotatable bonds is 4. The zero-order valence-electron chi connectivity index (χ0n) is 17.7. The van der Waals surface area contributed by atoms with E-state index in [-0.39, 0.29) is 0 Å². The zero-order valence-corrected chi connectivity index (χ0v) is 17.7. The number of hydrogen-bond acceptors (Lipinski definition) is 8. The molecule has 0 aromatic carbocycles. The summed E-state index contributed by atoms with van der Waals surface area (Å²) in [5.74, 6) is 2.29. The van der Waals surface area contributed by atoms with Gasteiger partial charge in [0.2, 0.25) is 11.9 Å². The summed E-state index contributed by atoms with van der Waals surface area (Å²) in [5.41, 5.74) is 2.49. The van der Waals surface area contributed by atoms with Crippen molar-refractivity contribution in [2.24, 2.45) is 0 Å². The Kier molecular flexibility index (Phi) is 4.79. The molecule has 160 valence electrons. The SMILES string of the molecule is c1coc(-c2nc(N3CCN4CCCC4C3)ncc2-c2ccnc(N3CCCC3)n2)c1. The summed E-state index contributed by atoms with van der Waals surface area (Å²) in [7, 11) is 0. The molecule has 31 heavy (non-hydrogen) atoms. The van der Waals surface area contributed by atoms with Crippen molar-refractivity contribution in [1.82, 2.24) is 24.8 Å². The van der Waals surface area contributed by atoms with Crippen LogP contribution >= 0.6 is 0 Å². The molecule has 0 spiro atoms. The third-order valence-corrected chi connectivity index (χ3v) is 6.71. The van der Waals surface area contributed by atoms with Crippen LogP contribution in [-0.2, 0) is 0 Å². The molecular formula is C23H27N7O. The van der Waals surface area contributed by atoms with Gasteiger partial charge in [-0.05, 0) is 50.4 Å². The van der Waals surface area contributed by atoms with Crippen LogP contribution in [0.5, 0.6) is 0 Å². The van der Waals surface area contributed by atoms with E-state index in [1.807, 2.05) is 30.6 Å². The van der Waals surface area contributed by atoms with E-state index in [4.69, 9.17) is 19.4 Å². The maximum absolute atomic E-state index is 5.75. The van der Waals surface area contributed by atoms with Gasteiger partial charge in [-0.25, -0.2) is 19.9 Å². The molecule has 6 rings (SSSR count). The number of anilines is 2. The van der Waals surface area contributed by atoms with Gasteiger partial charge in [-0.2, -0.15) is 0 Å².